The summed E-state index contributed by atoms with van der Waals surface area (Å²) in [5.74, 6) is 0.914. The molecule has 0 aromatic carbocycles. The van der Waals surface area contributed by atoms with Gasteiger partial charge in [0.15, 0.2) is 12.6 Å². The van der Waals surface area contributed by atoms with Gasteiger partial charge in [-0.15, -0.1) is 0 Å². The van der Waals surface area contributed by atoms with E-state index < -0.39 is 79.5 Å². The molecule has 0 amide bonds. The van der Waals surface area contributed by atoms with E-state index >= 15 is 0 Å². The molecule has 20 atom stereocenters. The maximum atomic E-state index is 11.6. The summed E-state index contributed by atoms with van der Waals surface area (Å²) < 4.78 is 31.4. The summed E-state index contributed by atoms with van der Waals surface area (Å²) >= 11 is 0. The van der Waals surface area contributed by atoms with Crippen LogP contribution in [0.3, 0.4) is 0 Å². The largest absolute Gasteiger partial charge is 0.396 e. The van der Waals surface area contributed by atoms with E-state index in [-0.39, 0.29) is 45.7 Å². The highest BCUT2D eigenvalue weighted by molar-refractivity contribution is 5.34. The van der Waals surface area contributed by atoms with E-state index in [1.54, 1.807) is 6.92 Å². The molecule has 0 aromatic rings. The molecule has 8 rings (SSSR count). The van der Waals surface area contributed by atoms with E-state index in [1.807, 2.05) is 0 Å². The Balaban J connectivity index is 1.04. The highest BCUT2D eigenvalue weighted by atomic mass is 16.7. The van der Waals surface area contributed by atoms with E-state index in [1.165, 1.54) is 32.1 Å². The van der Waals surface area contributed by atoms with E-state index in [9.17, 15) is 35.7 Å². The monoisotopic (exact) mass is 764 g/mol. The Kier molecular flexibility index (Phi) is 9.74. The van der Waals surface area contributed by atoms with Gasteiger partial charge in [-0.25, -0.2) is 0 Å². The maximum absolute atomic E-state index is 11.6. The quantitative estimate of drug-likeness (QED) is 0.155. The van der Waals surface area contributed by atoms with Crippen LogP contribution in [0.25, 0.3) is 0 Å². The molecule has 3 heterocycles. The fourth-order valence-electron chi connectivity index (χ4n) is 14.2. The lowest BCUT2D eigenvalue weighted by Crippen LogP contribution is -2.71. The van der Waals surface area contributed by atoms with Gasteiger partial charge < -0.3 is 59.4 Å². The Hall–Kier alpha value is -0.740. The molecule has 308 valence electrons. The maximum Gasteiger partial charge on any atom is 0.187 e. The van der Waals surface area contributed by atoms with Crippen LogP contribution in [0.2, 0.25) is 0 Å². The molecule has 8 aliphatic rings. The van der Waals surface area contributed by atoms with Crippen LogP contribution >= 0.6 is 0 Å². The molecular weight excluding hydrogens is 696 g/mol. The van der Waals surface area contributed by atoms with Crippen molar-refractivity contribution in [1.82, 2.24) is 0 Å². The van der Waals surface area contributed by atoms with Gasteiger partial charge in [0.05, 0.1) is 37.6 Å². The zero-order valence-corrected chi connectivity index (χ0v) is 33.4. The number of aliphatic hydroxyl groups is 7. The first-order chi connectivity index (χ1) is 25.3. The van der Waals surface area contributed by atoms with Crippen molar-refractivity contribution in [2.24, 2.45) is 50.2 Å². The fraction of sp³-hybridized carbons (Fsp3) is 0.952. The highest BCUT2D eigenvalue weighted by Gasteiger charge is 2.77. The number of fused-ring (bicyclic) bond motifs is 4. The number of hydrogen-bond donors (Lipinski definition) is 7. The lowest BCUT2D eigenvalue weighted by Gasteiger charge is -2.73. The molecule has 2 bridgehead atoms. The Morgan fingerprint density at radius 1 is 0.722 bits per heavy atom. The lowest BCUT2D eigenvalue weighted by molar-refractivity contribution is -0.367. The van der Waals surface area contributed by atoms with Crippen LogP contribution in [0.1, 0.15) is 106 Å². The fourth-order valence-corrected chi connectivity index (χ4v) is 14.2. The molecule has 5 aliphatic carbocycles. The molecule has 12 heteroatoms. The average molecular weight is 765 g/mol. The van der Waals surface area contributed by atoms with Crippen LogP contribution in [0.15, 0.2) is 12.2 Å². The van der Waals surface area contributed by atoms with E-state index in [0.717, 1.165) is 25.9 Å². The second-order valence-electron chi connectivity index (χ2n) is 20.9. The third-order valence-electron chi connectivity index (χ3n) is 17.9. The van der Waals surface area contributed by atoms with Crippen molar-refractivity contribution in [2.75, 3.05) is 19.8 Å². The molecule has 7 fully saturated rings. The molecular formula is C42H68O12. The average Bonchev–Trinajstić information content (AvgIpc) is 3.36. The van der Waals surface area contributed by atoms with Crippen molar-refractivity contribution >= 4 is 0 Å². The Morgan fingerprint density at radius 3 is 2.13 bits per heavy atom. The number of allylic oxidation sites excluding steroid dienone is 1. The standard InChI is InChI=1S/C42H68O12/c1-22-28(45)33(54-34-31(48)30(47)29(46)23(19-43)52-34)32(49)35(51-22)53-27-10-11-37(4)24(38(27,5)20-44)8-12-39(6)25(37)9-13-42-26-18-36(2,3)14-16-41(26,21-50-42)17-15-40(39,42)7/h9,13,22-35,43-49H,8,10-12,14-21H2,1-7H3/t22-,23-,24-,25-,26-,27+,28+,29-,30+,31-,32-,33+,34+,35+,37+,38+,39-,40+,41-,42+/m1/s1. The van der Waals surface area contributed by atoms with E-state index in [2.05, 4.69) is 53.7 Å². The van der Waals surface area contributed by atoms with Gasteiger partial charge >= 0.3 is 0 Å². The molecule has 3 saturated heterocycles. The van der Waals surface area contributed by atoms with Crippen LogP contribution in [0.5, 0.6) is 0 Å². The first-order valence-electron chi connectivity index (χ1n) is 20.8. The van der Waals surface area contributed by atoms with Gasteiger partial charge in [0, 0.05) is 16.7 Å². The van der Waals surface area contributed by atoms with Crippen LogP contribution < -0.4 is 0 Å². The van der Waals surface area contributed by atoms with Crippen LogP contribution in [-0.4, -0.2) is 129 Å². The molecule has 4 saturated carbocycles. The van der Waals surface area contributed by atoms with Gasteiger partial charge in [-0.1, -0.05) is 53.7 Å². The normalized spacial score (nSPS) is 59.1. The molecule has 0 aromatic heterocycles. The summed E-state index contributed by atoms with van der Waals surface area (Å²) in [5.41, 5.74) is -0.502. The Morgan fingerprint density at radius 2 is 1.43 bits per heavy atom. The minimum absolute atomic E-state index is 0.00162. The van der Waals surface area contributed by atoms with Gasteiger partial charge in [-0.05, 0) is 98.2 Å². The van der Waals surface area contributed by atoms with Crippen molar-refractivity contribution in [1.29, 1.82) is 0 Å². The van der Waals surface area contributed by atoms with Gasteiger partial charge in [0.2, 0.25) is 0 Å². The van der Waals surface area contributed by atoms with Gasteiger partial charge in [-0.3, -0.25) is 0 Å². The Bertz CT molecular complexity index is 1460. The summed E-state index contributed by atoms with van der Waals surface area (Å²) in [6.07, 6.45) is 0.0718. The van der Waals surface area contributed by atoms with Gasteiger partial charge in [0.25, 0.3) is 0 Å². The smallest absolute Gasteiger partial charge is 0.187 e. The summed E-state index contributed by atoms with van der Waals surface area (Å²) in [5, 5.41) is 74.8. The van der Waals surface area contributed by atoms with E-state index in [4.69, 9.17) is 23.7 Å². The van der Waals surface area contributed by atoms with E-state index in [0.29, 0.717) is 17.8 Å². The second kappa shape index (κ2) is 13.1. The van der Waals surface area contributed by atoms with Crippen molar-refractivity contribution in [3.8, 4) is 0 Å². The predicted molar refractivity (Wildman–Crippen MR) is 195 cm³/mol. The minimum atomic E-state index is -1.71. The van der Waals surface area contributed by atoms with Gasteiger partial charge in [-0.2, -0.15) is 0 Å². The number of rotatable bonds is 6. The van der Waals surface area contributed by atoms with Crippen molar-refractivity contribution in [3.63, 3.8) is 0 Å². The molecule has 7 N–H and O–H groups in total. The molecule has 0 unspecified atom stereocenters. The SMILES string of the molecule is C[C@H]1O[C@@H](O[C@H]2CC[C@@]3(C)[C@@H](CC[C@]4(C)[C@@H]3C=C[C@]35OC[C@@]6(CCC(C)(C)C[C@H]63)CC[C@]54C)[C@]2(C)CO)[C@H](O)[C@@H](O[C@@H]2O[C@H](CO)[C@@H](O)[C@H](O)[C@H]2O)[C@H]1O. The zero-order chi connectivity index (χ0) is 39.0. The molecule has 1 spiro atoms. The molecule has 54 heavy (non-hydrogen) atoms. The van der Waals surface area contributed by atoms with Crippen LogP contribution in [-0.2, 0) is 23.7 Å². The summed E-state index contributed by atoms with van der Waals surface area (Å²) in [6.45, 7) is 16.2. The second-order valence-corrected chi connectivity index (χ2v) is 20.9. The molecule has 0 radical (unpaired) electrons. The molecule has 3 aliphatic heterocycles. The van der Waals surface area contributed by atoms with Gasteiger partial charge in [0.1, 0.15) is 42.7 Å². The summed E-state index contributed by atoms with van der Waals surface area (Å²) in [4.78, 5) is 0. The number of aliphatic hydroxyl groups excluding tert-OH is 7. The Labute approximate surface area is 320 Å². The number of ether oxygens (including phenoxy) is 5. The first-order valence-corrected chi connectivity index (χ1v) is 20.8. The highest BCUT2D eigenvalue weighted by Crippen LogP contribution is 2.79. The lowest BCUT2D eigenvalue weighted by atomic mass is 9.32. The third kappa shape index (κ3) is 5.30. The third-order valence-corrected chi connectivity index (χ3v) is 17.9. The summed E-state index contributed by atoms with van der Waals surface area (Å²) in [6, 6.07) is 0. The molecule has 12 nitrogen and oxygen atoms in total. The minimum Gasteiger partial charge on any atom is -0.396 e. The summed E-state index contributed by atoms with van der Waals surface area (Å²) in [7, 11) is 0. The van der Waals surface area contributed by atoms with Crippen LogP contribution in [0, 0.1) is 50.2 Å². The first kappa shape index (κ1) is 40.1. The predicted octanol–water partition coefficient (Wildman–Crippen LogP) is 2.81. The van der Waals surface area contributed by atoms with Crippen molar-refractivity contribution < 1.29 is 59.4 Å². The van der Waals surface area contributed by atoms with Crippen molar-refractivity contribution in [2.45, 2.75) is 179 Å². The van der Waals surface area contributed by atoms with Crippen molar-refractivity contribution in [3.05, 3.63) is 12.2 Å². The zero-order valence-electron chi connectivity index (χ0n) is 33.4. The number of hydrogen-bond acceptors (Lipinski definition) is 12. The topological polar surface area (TPSA) is 188 Å². The van der Waals surface area contributed by atoms with Crippen LogP contribution in [0.4, 0.5) is 0 Å².